The maximum Gasteiger partial charge on any atom is 0.161 e. The quantitative estimate of drug-likeness (QED) is 0.896. The van der Waals surface area contributed by atoms with Gasteiger partial charge >= 0.3 is 0 Å². The molecule has 0 saturated carbocycles. The lowest BCUT2D eigenvalue weighted by atomic mass is 9.95. The van der Waals surface area contributed by atoms with Crippen molar-refractivity contribution in [1.82, 2.24) is 0 Å². The standard InChI is InChI=1S/C16H17NO2/c1-11(17)13-4-2-3-5-14(13)12-6-7-15-16(10-12)19-9-8-18-15/h2-7,10-11H,8-9,17H2,1H3. The Labute approximate surface area is 113 Å². The maximum atomic E-state index is 6.03. The molecule has 3 nitrogen and oxygen atoms in total. The molecule has 0 amide bonds. The van der Waals surface area contributed by atoms with Crippen LogP contribution in [-0.2, 0) is 0 Å². The monoisotopic (exact) mass is 255 g/mol. The van der Waals surface area contributed by atoms with Crippen LogP contribution in [0.25, 0.3) is 11.1 Å². The largest absolute Gasteiger partial charge is 0.486 e. The van der Waals surface area contributed by atoms with E-state index in [1.165, 1.54) is 0 Å². The summed E-state index contributed by atoms with van der Waals surface area (Å²) in [7, 11) is 0. The Morgan fingerprint density at radius 3 is 2.53 bits per heavy atom. The van der Waals surface area contributed by atoms with Crippen molar-refractivity contribution < 1.29 is 9.47 Å². The fourth-order valence-electron chi connectivity index (χ4n) is 2.37. The second-order valence-electron chi connectivity index (χ2n) is 4.73. The van der Waals surface area contributed by atoms with Gasteiger partial charge in [0.05, 0.1) is 0 Å². The maximum absolute atomic E-state index is 6.03. The molecule has 0 aliphatic carbocycles. The molecule has 1 atom stereocenters. The zero-order chi connectivity index (χ0) is 13.2. The normalized spacial score (nSPS) is 15.1. The molecule has 1 aliphatic rings. The van der Waals surface area contributed by atoms with E-state index in [-0.39, 0.29) is 6.04 Å². The van der Waals surface area contributed by atoms with Gasteiger partial charge < -0.3 is 15.2 Å². The van der Waals surface area contributed by atoms with Crippen molar-refractivity contribution in [3.8, 4) is 22.6 Å². The molecule has 98 valence electrons. The third-order valence-electron chi connectivity index (χ3n) is 3.30. The summed E-state index contributed by atoms with van der Waals surface area (Å²) in [6, 6.07) is 14.2. The molecule has 2 aromatic rings. The lowest BCUT2D eigenvalue weighted by molar-refractivity contribution is 0.171. The minimum atomic E-state index is 0.00407. The highest BCUT2D eigenvalue weighted by atomic mass is 16.6. The van der Waals surface area contributed by atoms with Crippen molar-refractivity contribution in [2.45, 2.75) is 13.0 Å². The highest BCUT2D eigenvalue weighted by Crippen LogP contribution is 2.36. The Bertz CT molecular complexity index is 593. The first-order chi connectivity index (χ1) is 9.25. The van der Waals surface area contributed by atoms with Crippen LogP contribution in [0.2, 0.25) is 0 Å². The van der Waals surface area contributed by atoms with Crippen LogP contribution in [0.5, 0.6) is 11.5 Å². The summed E-state index contributed by atoms with van der Waals surface area (Å²) in [4.78, 5) is 0. The van der Waals surface area contributed by atoms with E-state index in [0.29, 0.717) is 13.2 Å². The molecule has 2 N–H and O–H groups in total. The number of nitrogens with two attached hydrogens (primary N) is 1. The van der Waals surface area contributed by atoms with Gasteiger partial charge in [0, 0.05) is 6.04 Å². The molecule has 1 aliphatic heterocycles. The van der Waals surface area contributed by atoms with Gasteiger partial charge in [-0.25, -0.2) is 0 Å². The first kappa shape index (κ1) is 12.1. The van der Waals surface area contributed by atoms with Gasteiger partial charge in [0.25, 0.3) is 0 Å². The second kappa shape index (κ2) is 4.94. The Morgan fingerprint density at radius 1 is 1.00 bits per heavy atom. The van der Waals surface area contributed by atoms with Gasteiger partial charge in [0.15, 0.2) is 11.5 Å². The van der Waals surface area contributed by atoms with Gasteiger partial charge in [-0.15, -0.1) is 0 Å². The van der Waals surface area contributed by atoms with Crippen LogP contribution in [0, 0.1) is 0 Å². The molecule has 0 bridgehead atoms. The molecule has 0 radical (unpaired) electrons. The number of ether oxygens (including phenoxy) is 2. The van der Waals surface area contributed by atoms with E-state index >= 15 is 0 Å². The SMILES string of the molecule is CC(N)c1ccccc1-c1ccc2c(c1)OCCO2. The van der Waals surface area contributed by atoms with Crippen LogP contribution in [0.4, 0.5) is 0 Å². The molecule has 1 heterocycles. The minimum Gasteiger partial charge on any atom is -0.486 e. The fraction of sp³-hybridized carbons (Fsp3) is 0.250. The van der Waals surface area contributed by atoms with E-state index in [2.05, 4.69) is 18.2 Å². The molecule has 19 heavy (non-hydrogen) atoms. The van der Waals surface area contributed by atoms with Crippen LogP contribution in [0.15, 0.2) is 42.5 Å². The van der Waals surface area contributed by atoms with Crippen LogP contribution in [0.3, 0.4) is 0 Å². The highest BCUT2D eigenvalue weighted by Gasteiger charge is 2.14. The molecule has 0 aromatic heterocycles. The van der Waals surface area contributed by atoms with E-state index in [9.17, 15) is 0 Å². The summed E-state index contributed by atoms with van der Waals surface area (Å²) in [6.07, 6.45) is 0. The lowest BCUT2D eigenvalue weighted by Gasteiger charge is -2.20. The zero-order valence-electron chi connectivity index (χ0n) is 10.9. The number of hydrogen-bond acceptors (Lipinski definition) is 3. The van der Waals surface area contributed by atoms with E-state index < -0.39 is 0 Å². The Morgan fingerprint density at radius 2 is 1.74 bits per heavy atom. The average molecular weight is 255 g/mol. The topological polar surface area (TPSA) is 44.5 Å². The van der Waals surface area contributed by atoms with E-state index in [0.717, 1.165) is 28.2 Å². The van der Waals surface area contributed by atoms with Crippen molar-refractivity contribution in [1.29, 1.82) is 0 Å². The van der Waals surface area contributed by atoms with Gasteiger partial charge in [-0.05, 0) is 35.7 Å². The Kier molecular flexibility index (Phi) is 3.13. The number of fused-ring (bicyclic) bond motifs is 1. The molecule has 0 spiro atoms. The number of hydrogen-bond donors (Lipinski definition) is 1. The summed E-state index contributed by atoms with van der Waals surface area (Å²) in [5.74, 6) is 1.62. The third-order valence-corrected chi connectivity index (χ3v) is 3.30. The number of rotatable bonds is 2. The van der Waals surface area contributed by atoms with E-state index in [1.54, 1.807) is 0 Å². The van der Waals surface area contributed by atoms with Crippen LogP contribution in [-0.4, -0.2) is 13.2 Å². The molecular formula is C16H17NO2. The summed E-state index contributed by atoms with van der Waals surface area (Å²) >= 11 is 0. The molecule has 0 fully saturated rings. The van der Waals surface area contributed by atoms with Gasteiger partial charge in [-0.2, -0.15) is 0 Å². The van der Waals surface area contributed by atoms with Crippen molar-refractivity contribution >= 4 is 0 Å². The lowest BCUT2D eigenvalue weighted by Crippen LogP contribution is -2.15. The van der Waals surface area contributed by atoms with Crippen molar-refractivity contribution in [2.75, 3.05) is 13.2 Å². The van der Waals surface area contributed by atoms with Crippen molar-refractivity contribution in [3.63, 3.8) is 0 Å². The number of benzene rings is 2. The van der Waals surface area contributed by atoms with Crippen LogP contribution < -0.4 is 15.2 Å². The second-order valence-corrected chi connectivity index (χ2v) is 4.73. The zero-order valence-corrected chi connectivity index (χ0v) is 10.9. The van der Waals surface area contributed by atoms with Crippen LogP contribution in [0.1, 0.15) is 18.5 Å². The van der Waals surface area contributed by atoms with Crippen LogP contribution >= 0.6 is 0 Å². The predicted octanol–water partition coefficient (Wildman–Crippen LogP) is 3.14. The van der Waals surface area contributed by atoms with Crippen molar-refractivity contribution in [3.05, 3.63) is 48.0 Å². The minimum absolute atomic E-state index is 0.00407. The molecule has 3 rings (SSSR count). The van der Waals surface area contributed by atoms with Gasteiger partial charge in [-0.3, -0.25) is 0 Å². The molecular weight excluding hydrogens is 238 g/mol. The molecule has 0 saturated heterocycles. The first-order valence-electron chi connectivity index (χ1n) is 6.50. The summed E-state index contributed by atoms with van der Waals surface area (Å²) in [6.45, 7) is 3.21. The Balaban J connectivity index is 2.07. The van der Waals surface area contributed by atoms with Gasteiger partial charge in [0.2, 0.25) is 0 Å². The first-order valence-corrected chi connectivity index (χ1v) is 6.50. The average Bonchev–Trinajstić information content (AvgIpc) is 2.46. The van der Waals surface area contributed by atoms with Crippen molar-refractivity contribution in [2.24, 2.45) is 5.73 Å². The highest BCUT2D eigenvalue weighted by molar-refractivity contribution is 5.71. The summed E-state index contributed by atoms with van der Waals surface area (Å²) in [5, 5.41) is 0. The molecule has 3 heteroatoms. The fourth-order valence-corrected chi connectivity index (χ4v) is 2.37. The van der Waals surface area contributed by atoms with Gasteiger partial charge in [-0.1, -0.05) is 30.3 Å². The van der Waals surface area contributed by atoms with E-state index in [1.807, 2.05) is 31.2 Å². The smallest absolute Gasteiger partial charge is 0.161 e. The summed E-state index contributed by atoms with van der Waals surface area (Å²) in [5.41, 5.74) is 9.43. The predicted molar refractivity (Wildman–Crippen MR) is 75.5 cm³/mol. The third kappa shape index (κ3) is 2.29. The molecule has 1 unspecified atom stereocenters. The summed E-state index contributed by atoms with van der Waals surface area (Å²) < 4.78 is 11.2. The Hall–Kier alpha value is -2.00. The molecule has 2 aromatic carbocycles. The van der Waals surface area contributed by atoms with E-state index in [4.69, 9.17) is 15.2 Å². The van der Waals surface area contributed by atoms with Gasteiger partial charge in [0.1, 0.15) is 13.2 Å².